The highest BCUT2D eigenvalue weighted by atomic mass is 35.5. The Bertz CT molecular complexity index is 1250. The quantitative estimate of drug-likeness (QED) is 0.269. The summed E-state index contributed by atoms with van der Waals surface area (Å²) in [7, 11) is 0. The minimum absolute atomic E-state index is 0.0397. The number of amides is 1. The number of rotatable bonds is 6. The van der Waals surface area contributed by atoms with E-state index >= 15 is 0 Å². The summed E-state index contributed by atoms with van der Waals surface area (Å²) in [6.07, 6.45) is -0.312. The fourth-order valence-corrected chi connectivity index (χ4v) is 4.97. The van der Waals surface area contributed by atoms with Crippen LogP contribution in [-0.4, -0.2) is 17.1 Å². The van der Waals surface area contributed by atoms with Crippen molar-refractivity contribution in [3.8, 4) is 0 Å². The van der Waals surface area contributed by atoms with Crippen LogP contribution in [0.4, 0.5) is 14.5 Å². The van der Waals surface area contributed by atoms with Crippen LogP contribution in [0.15, 0.2) is 54.6 Å². The zero-order chi connectivity index (χ0) is 23.9. The third kappa shape index (κ3) is 5.33. The second-order valence-corrected chi connectivity index (χ2v) is 9.50. The van der Waals surface area contributed by atoms with Gasteiger partial charge in [-0.25, -0.2) is 8.78 Å². The van der Waals surface area contributed by atoms with Crippen LogP contribution >= 0.6 is 46.4 Å². The molecule has 0 heterocycles. The SMILES string of the molecule is O=C(Cc1ccc(F)cc1F)c1cc(NC(=O)C2C(c3cc(Cl)cc(Cl)c3)[C@@H]2Cl)ccc1Cl. The molecule has 1 aliphatic rings. The molecule has 1 aliphatic carbocycles. The highest BCUT2D eigenvalue weighted by molar-refractivity contribution is 6.35. The molecular formula is C24H15Cl4F2NO2. The summed E-state index contributed by atoms with van der Waals surface area (Å²) in [5, 5.41) is 3.36. The van der Waals surface area contributed by atoms with E-state index in [1.54, 1.807) is 24.3 Å². The zero-order valence-corrected chi connectivity index (χ0v) is 19.7. The van der Waals surface area contributed by atoms with Gasteiger partial charge in [0.1, 0.15) is 11.6 Å². The van der Waals surface area contributed by atoms with Gasteiger partial charge >= 0.3 is 0 Å². The Balaban J connectivity index is 1.48. The van der Waals surface area contributed by atoms with Gasteiger partial charge in [0.25, 0.3) is 0 Å². The molecule has 9 heteroatoms. The van der Waals surface area contributed by atoms with Crippen LogP contribution in [0.2, 0.25) is 15.1 Å². The smallest absolute Gasteiger partial charge is 0.229 e. The number of halogens is 6. The number of anilines is 1. The van der Waals surface area contributed by atoms with Crippen LogP contribution in [0, 0.1) is 17.6 Å². The Hall–Kier alpha value is -2.18. The fraction of sp³-hybridized carbons (Fsp3) is 0.167. The molecule has 170 valence electrons. The number of benzene rings is 3. The van der Waals surface area contributed by atoms with Crippen LogP contribution in [0.1, 0.15) is 27.4 Å². The monoisotopic (exact) mass is 527 g/mol. The van der Waals surface area contributed by atoms with Gasteiger partial charge in [-0.15, -0.1) is 11.6 Å². The van der Waals surface area contributed by atoms with Crippen LogP contribution in [0.5, 0.6) is 0 Å². The third-order valence-corrected chi connectivity index (χ3v) is 6.71. The molecule has 1 N–H and O–H groups in total. The molecule has 3 nitrogen and oxygen atoms in total. The Morgan fingerprint density at radius 3 is 2.27 bits per heavy atom. The number of hydrogen-bond donors (Lipinski definition) is 1. The molecule has 0 radical (unpaired) electrons. The highest BCUT2D eigenvalue weighted by Crippen LogP contribution is 2.53. The van der Waals surface area contributed by atoms with Crippen molar-refractivity contribution >= 4 is 63.8 Å². The molecule has 0 saturated heterocycles. The van der Waals surface area contributed by atoms with Gasteiger partial charge in [0.2, 0.25) is 5.91 Å². The van der Waals surface area contributed by atoms with E-state index in [-0.39, 0.29) is 34.4 Å². The molecule has 0 spiro atoms. The topological polar surface area (TPSA) is 46.2 Å². The second-order valence-electron chi connectivity index (χ2n) is 7.72. The first kappa shape index (κ1) is 24.0. The summed E-state index contributed by atoms with van der Waals surface area (Å²) in [6, 6.07) is 12.4. The van der Waals surface area contributed by atoms with Crippen LogP contribution in [0.25, 0.3) is 0 Å². The van der Waals surface area contributed by atoms with Crippen LogP contribution < -0.4 is 5.32 Å². The Kier molecular flexibility index (Phi) is 6.96. The van der Waals surface area contributed by atoms with E-state index in [4.69, 9.17) is 46.4 Å². The van der Waals surface area contributed by atoms with E-state index < -0.39 is 28.7 Å². The highest BCUT2D eigenvalue weighted by Gasteiger charge is 2.54. The lowest BCUT2D eigenvalue weighted by molar-refractivity contribution is -0.117. The molecule has 0 bridgehead atoms. The van der Waals surface area contributed by atoms with Crippen LogP contribution in [-0.2, 0) is 11.2 Å². The Morgan fingerprint density at radius 2 is 1.61 bits per heavy atom. The van der Waals surface area contributed by atoms with Gasteiger partial charge in [0.15, 0.2) is 5.78 Å². The average molecular weight is 529 g/mol. The van der Waals surface area contributed by atoms with E-state index in [9.17, 15) is 18.4 Å². The van der Waals surface area contributed by atoms with Crippen molar-refractivity contribution in [2.45, 2.75) is 17.7 Å². The zero-order valence-electron chi connectivity index (χ0n) is 16.7. The minimum Gasteiger partial charge on any atom is -0.326 e. The van der Waals surface area contributed by atoms with Crippen molar-refractivity contribution in [1.82, 2.24) is 0 Å². The summed E-state index contributed by atoms with van der Waals surface area (Å²) in [5.41, 5.74) is 1.25. The molecule has 4 rings (SSSR count). The van der Waals surface area contributed by atoms with E-state index in [0.29, 0.717) is 21.8 Å². The summed E-state index contributed by atoms with van der Waals surface area (Å²) in [5.74, 6) is -3.13. The predicted octanol–water partition coefficient (Wildman–Crippen LogP) is 7.31. The number of carbonyl (C=O) groups is 2. The van der Waals surface area contributed by atoms with Crippen molar-refractivity contribution in [3.05, 3.63) is 98.0 Å². The van der Waals surface area contributed by atoms with Gasteiger partial charge in [0, 0.05) is 39.7 Å². The number of alkyl halides is 1. The van der Waals surface area contributed by atoms with E-state index in [1.165, 1.54) is 18.2 Å². The van der Waals surface area contributed by atoms with Crippen molar-refractivity contribution < 1.29 is 18.4 Å². The van der Waals surface area contributed by atoms with E-state index in [2.05, 4.69) is 5.32 Å². The number of ketones is 1. The third-order valence-electron chi connectivity index (χ3n) is 5.41. The molecule has 1 amide bonds. The molecule has 1 saturated carbocycles. The predicted molar refractivity (Wildman–Crippen MR) is 127 cm³/mol. The number of Topliss-reactive ketones (excluding diaryl/α,β-unsaturated/α-hetero) is 1. The van der Waals surface area contributed by atoms with Gasteiger partial charge in [-0.1, -0.05) is 40.9 Å². The number of carbonyl (C=O) groups excluding carboxylic acids is 2. The largest absolute Gasteiger partial charge is 0.326 e. The van der Waals surface area contributed by atoms with Gasteiger partial charge < -0.3 is 5.32 Å². The first-order chi connectivity index (χ1) is 15.6. The van der Waals surface area contributed by atoms with Crippen LogP contribution in [0.3, 0.4) is 0 Å². The summed E-state index contributed by atoms with van der Waals surface area (Å²) in [6.45, 7) is 0. The number of hydrogen-bond acceptors (Lipinski definition) is 2. The Morgan fingerprint density at radius 1 is 0.909 bits per heavy atom. The lowest BCUT2D eigenvalue weighted by Crippen LogP contribution is -2.16. The van der Waals surface area contributed by atoms with Gasteiger partial charge in [-0.3, -0.25) is 9.59 Å². The summed E-state index contributed by atoms with van der Waals surface area (Å²) < 4.78 is 27.0. The molecule has 0 aliphatic heterocycles. The molecule has 33 heavy (non-hydrogen) atoms. The van der Waals surface area contributed by atoms with Crippen molar-refractivity contribution in [1.29, 1.82) is 0 Å². The molecule has 3 aromatic rings. The first-order valence-corrected chi connectivity index (χ1v) is 11.4. The molecule has 2 unspecified atom stereocenters. The molecule has 3 atom stereocenters. The van der Waals surface area contributed by atoms with E-state index in [1.807, 2.05) is 0 Å². The molecule has 3 aromatic carbocycles. The summed E-state index contributed by atoms with van der Waals surface area (Å²) in [4.78, 5) is 25.5. The maximum absolute atomic E-state index is 13.9. The average Bonchev–Trinajstić information content (AvgIpc) is 3.42. The van der Waals surface area contributed by atoms with E-state index in [0.717, 1.165) is 11.6 Å². The van der Waals surface area contributed by atoms with Gasteiger partial charge in [-0.05, 0) is 53.6 Å². The first-order valence-electron chi connectivity index (χ1n) is 9.81. The lowest BCUT2D eigenvalue weighted by Gasteiger charge is -2.10. The summed E-state index contributed by atoms with van der Waals surface area (Å²) >= 11 is 24.6. The fourth-order valence-electron chi connectivity index (χ4n) is 3.72. The van der Waals surface area contributed by atoms with Crippen molar-refractivity contribution in [2.75, 3.05) is 5.32 Å². The standard InChI is InChI=1S/C24H15Cl4F2NO2/c25-13-5-12(6-14(26)8-13)21-22(23(21)28)24(33)31-16-3-4-18(27)17(10-16)20(32)7-11-1-2-15(29)9-19(11)30/h1-6,8-10,21-23H,7H2,(H,31,33)/t21?,22?,23-/m0/s1. The van der Waals surface area contributed by atoms with Crippen molar-refractivity contribution in [2.24, 2.45) is 5.92 Å². The molecule has 0 aromatic heterocycles. The maximum Gasteiger partial charge on any atom is 0.229 e. The molecular weight excluding hydrogens is 514 g/mol. The second kappa shape index (κ2) is 9.59. The molecule has 1 fully saturated rings. The minimum atomic E-state index is -0.821. The Labute approximate surface area is 208 Å². The van der Waals surface area contributed by atoms with Crippen molar-refractivity contribution in [3.63, 3.8) is 0 Å². The van der Waals surface area contributed by atoms with Gasteiger partial charge in [0.05, 0.1) is 16.3 Å². The number of nitrogens with one attached hydrogen (secondary N) is 1. The maximum atomic E-state index is 13.9. The van der Waals surface area contributed by atoms with Gasteiger partial charge in [-0.2, -0.15) is 0 Å². The lowest BCUT2D eigenvalue weighted by atomic mass is 10.0. The normalized spacial score (nSPS) is 19.3.